The van der Waals surface area contributed by atoms with E-state index in [1.54, 1.807) is 12.1 Å². The van der Waals surface area contributed by atoms with Gasteiger partial charge in [0.25, 0.3) is 0 Å². The average molecular weight is 380 g/mol. The van der Waals surface area contributed by atoms with E-state index in [9.17, 15) is 9.90 Å². The number of esters is 1. The first-order chi connectivity index (χ1) is 12.0. The molecule has 0 spiro atoms. The lowest BCUT2D eigenvalue weighted by Crippen LogP contribution is -2.47. The van der Waals surface area contributed by atoms with Crippen LogP contribution in [0, 0.1) is 5.41 Å². The molecule has 0 aliphatic heterocycles. The standard InChI is InChI=1S/C19H25NO3S2/c1-3-18(8-9-20-2)12-14(13-18)23-17(21)19(22,15-6-4-10-24-15)16-7-5-11-25-16/h4-7,10-11,14,20,22H,3,8-9,12-13H2,1-2H3. The number of thiophene rings is 2. The Kier molecular flexibility index (Phi) is 5.63. The van der Waals surface area contributed by atoms with Crippen molar-refractivity contribution in [3.05, 3.63) is 44.8 Å². The maximum atomic E-state index is 12.9. The number of rotatable bonds is 8. The van der Waals surface area contributed by atoms with Crippen molar-refractivity contribution in [2.24, 2.45) is 5.41 Å². The van der Waals surface area contributed by atoms with Gasteiger partial charge in [0.15, 0.2) is 0 Å². The number of carbonyl (C=O) groups excluding carboxylic acids is 1. The van der Waals surface area contributed by atoms with E-state index in [4.69, 9.17) is 4.74 Å². The Bertz CT molecular complexity index is 641. The highest BCUT2D eigenvalue weighted by molar-refractivity contribution is 7.12. The largest absolute Gasteiger partial charge is 0.460 e. The van der Waals surface area contributed by atoms with Gasteiger partial charge >= 0.3 is 5.97 Å². The SMILES string of the molecule is CCC1(CCNC)CC(OC(=O)C(O)(c2cccs2)c2cccs2)C1. The normalized spacial score (nSPS) is 23.2. The molecule has 2 heterocycles. The molecule has 0 unspecified atom stereocenters. The molecule has 0 aromatic carbocycles. The van der Waals surface area contributed by atoms with Gasteiger partial charge in [0.2, 0.25) is 5.60 Å². The van der Waals surface area contributed by atoms with Gasteiger partial charge < -0.3 is 15.2 Å². The van der Waals surface area contributed by atoms with Crippen LogP contribution in [0.2, 0.25) is 0 Å². The summed E-state index contributed by atoms with van der Waals surface area (Å²) in [5.41, 5.74) is -1.43. The lowest BCUT2D eigenvalue weighted by molar-refractivity contribution is -0.179. The average Bonchev–Trinajstić information content (AvgIpc) is 3.29. The van der Waals surface area contributed by atoms with E-state index in [2.05, 4.69) is 12.2 Å². The molecule has 2 aromatic rings. The summed E-state index contributed by atoms with van der Waals surface area (Å²) < 4.78 is 5.74. The minimum absolute atomic E-state index is 0.101. The summed E-state index contributed by atoms with van der Waals surface area (Å²) in [6.07, 6.45) is 3.83. The Hall–Kier alpha value is -1.21. The third-order valence-corrected chi connectivity index (χ3v) is 7.26. The van der Waals surface area contributed by atoms with E-state index in [1.807, 2.05) is 29.9 Å². The van der Waals surface area contributed by atoms with Gasteiger partial charge in [-0.25, -0.2) is 4.79 Å². The molecule has 136 valence electrons. The number of hydrogen-bond acceptors (Lipinski definition) is 6. The zero-order valence-electron chi connectivity index (χ0n) is 14.7. The molecule has 0 saturated heterocycles. The van der Waals surface area contributed by atoms with Gasteiger partial charge in [-0.2, -0.15) is 0 Å². The van der Waals surface area contributed by atoms with Crippen LogP contribution >= 0.6 is 22.7 Å². The molecular weight excluding hydrogens is 354 g/mol. The molecule has 0 radical (unpaired) electrons. The van der Waals surface area contributed by atoms with E-state index in [0.29, 0.717) is 9.75 Å². The van der Waals surface area contributed by atoms with Crippen molar-refractivity contribution in [1.29, 1.82) is 0 Å². The van der Waals surface area contributed by atoms with Gasteiger partial charge in [0.05, 0.1) is 9.75 Å². The topological polar surface area (TPSA) is 58.6 Å². The molecule has 6 heteroatoms. The van der Waals surface area contributed by atoms with E-state index in [0.717, 1.165) is 32.2 Å². The summed E-state index contributed by atoms with van der Waals surface area (Å²) >= 11 is 2.74. The summed E-state index contributed by atoms with van der Waals surface area (Å²) in [4.78, 5) is 14.1. The molecule has 1 aliphatic carbocycles. The van der Waals surface area contributed by atoms with Gasteiger partial charge in [0.1, 0.15) is 6.10 Å². The second-order valence-electron chi connectivity index (χ2n) is 6.81. The van der Waals surface area contributed by atoms with Gasteiger partial charge in [-0.15, -0.1) is 22.7 Å². The van der Waals surface area contributed by atoms with E-state index < -0.39 is 11.6 Å². The molecule has 1 fully saturated rings. The molecule has 0 atom stereocenters. The van der Waals surface area contributed by atoms with Crippen LogP contribution in [0.15, 0.2) is 35.0 Å². The molecule has 0 amide bonds. The Balaban J connectivity index is 1.71. The predicted octanol–water partition coefficient (Wildman–Crippen LogP) is 3.76. The highest BCUT2D eigenvalue weighted by Crippen LogP contribution is 2.49. The number of hydrogen-bond donors (Lipinski definition) is 2. The van der Waals surface area contributed by atoms with Crippen molar-refractivity contribution in [2.75, 3.05) is 13.6 Å². The molecule has 3 rings (SSSR count). The Morgan fingerprint density at radius 1 is 1.32 bits per heavy atom. The zero-order chi connectivity index (χ0) is 17.9. The Labute approximate surface area is 156 Å². The third kappa shape index (κ3) is 3.53. The molecule has 4 nitrogen and oxygen atoms in total. The van der Waals surface area contributed by atoms with Gasteiger partial charge in [0, 0.05) is 0 Å². The first-order valence-electron chi connectivity index (χ1n) is 8.70. The van der Waals surface area contributed by atoms with E-state index in [-0.39, 0.29) is 11.5 Å². The van der Waals surface area contributed by atoms with Crippen LogP contribution in [-0.2, 0) is 15.1 Å². The second kappa shape index (κ2) is 7.58. The lowest BCUT2D eigenvalue weighted by Gasteiger charge is -2.47. The number of ether oxygens (including phenoxy) is 1. The summed E-state index contributed by atoms with van der Waals surface area (Å²) in [7, 11) is 1.96. The lowest BCUT2D eigenvalue weighted by atomic mass is 9.63. The highest BCUT2D eigenvalue weighted by atomic mass is 32.1. The van der Waals surface area contributed by atoms with Crippen molar-refractivity contribution in [2.45, 2.75) is 44.3 Å². The number of aliphatic hydroxyl groups is 1. The van der Waals surface area contributed by atoms with Crippen molar-refractivity contribution in [3.8, 4) is 0 Å². The fourth-order valence-corrected chi connectivity index (χ4v) is 5.29. The van der Waals surface area contributed by atoms with Crippen LogP contribution in [0.1, 0.15) is 42.4 Å². The molecule has 0 bridgehead atoms. The van der Waals surface area contributed by atoms with E-state index >= 15 is 0 Å². The number of carbonyl (C=O) groups is 1. The van der Waals surface area contributed by atoms with Crippen LogP contribution in [0.5, 0.6) is 0 Å². The second-order valence-corrected chi connectivity index (χ2v) is 8.70. The summed E-state index contributed by atoms with van der Waals surface area (Å²) in [5.74, 6) is -0.555. The zero-order valence-corrected chi connectivity index (χ0v) is 16.3. The first-order valence-corrected chi connectivity index (χ1v) is 10.5. The molecule has 2 aromatic heterocycles. The summed E-state index contributed by atoms with van der Waals surface area (Å²) in [5, 5.41) is 18.2. The van der Waals surface area contributed by atoms with Crippen molar-refractivity contribution >= 4 is 28.6 Å². The number of nitrogens with one attached hydrogen (secondary N) is 1. The fourth-order valence-electron chi connectivity index (χ4n) is 3.58. The van der Waals surface area contributed by atoms with Gasteiger partial charge in [-0.3, -0.25) is 0 Å². The molecule has 25 heavy (non-hydrogen) atoms. The summed E-state index contributed by atoms with van der Waals surface area (Å²) in [6, 6.07) is 7.26. The Morgan fingerprint density at radius 2 is 1.92 bits per heavy atom. The van der Waals surface area contributed by atoms with Crippen LogP contribution in [0.25, 0.3) is 0 Å². The first kappa shape index (κ1) is 18.6. The molecule has 1 saturated carbocycles. The smallest absolute Gasteiger partial charge is 0.349 e. The fraction of sp³-hybridized carbons (Fsp3) is 0.526. The minimum Gasteiger partial charge on any atom is -0.460 e. The van der Waals surface area contributed by atoms with Gasteiger partial charge in [-0.05, 0) is 61.2 Å². The van der Waals surface area contributed by atoms with Crippen LogP contribution in [0.3, 0.4) is 0 Å². The Morgan fingerprint density at radius 3 is 2.36 bits per heavy atom. The van der Waals surface area contributed by atoms with Crippen molar-refractivity contribution < 1.29 is 14.6 Å². The molecule has 1 aliphatic rings. The quantitative estimate of drug-likeness (QED) is 0.686. The monoisotopic (exact) mass is 379 g/mol. The van der Waals surface area contributed by atoms with E-state index in [1.165, 1.54) is 22.7 Å². The van der Waals surface area contributed by atoms with Crippen LogP contribution in [-0.4, -0.2) is 30.8 Å². The van der Waals surface area contributed by atoms with Crippen LogP contribution < -0.4 is 5.32 Å². The summed E-state index contributed by atoms with van der Waals surface area (Å²) in [6.45, 7) is 3.17. The maximum Gasteiger partial charge on any atom is 0.349 e. The minimum atomic E-state index is -1.70. The molecular formula is C19H25NO3S2. The highest BCUT2D eigenvalue weighted by Gasteiger charge is 2.49. The maximum absolute atomic E-state index is 12.9. The third-order valence-electron chi connectivity index (χ3n) is 5.30. The van der Waals surface area contributed by atoms with Crippen molar-refractivity contribution in [1.82, 2.24) is 5.32 Å². The van der Waals surface area contributed by atoms with Gasteiger partial charge in [-0.1, -0.05) is 25.5 Å². The van der Waals surface area contributed by atoms with Crippen molar-refractivity contribution in [3.63, 3.8) is 0 Å². The van der Waals surface area contributed by atoms with Crippen LogP contribution in [0.4, 0.5) is 0 Å². The predicted molar refractivity (Wildman–Crippen MR) is 102 cm³/mol. The molecule has 2 N–H and O–H groups in total.